The number of carbonyl (C=O) groups is 1. The monoisotopic (exact) mass is 450 g/mol. The highest BCUT2D eigenvalue weighted by molar-refractivity contribution is 9.10. The van der Waals surface area contributed by atoms with E-state index in [1.165, 1.54) is 4.31 Å². The number of rotatable bonds is 3. The zero-order valence-corrected chi connectivity index (χ0v) is 17.0. The minimum absolute atomic E-state index is 0.0844. The van der Waals surface area contributed by atoms with Crippen LogP contribution in [0.2, 0.25) is 0 Å². The van der Waals surface area contributed by atoms with Crippen LogP contribution in [-0.2, 0) is 21.2 Å². The summed E-state index contributed by atoms with van der Waals surface area (Å²) in [5.74, 6) is -0.0844. The summed E-state index contributed by atoms with van der Waals surface area (Å²) < 4.78 is 33.2. The second-order valence-electron chi connectivity index (χ2n) is 6.52. The first-order valence-corrected chi connectivity index (χ1v) is 11.0. The SMILES string of the molecule is O=C(c1cccc(Br)c1)N1CCc2cc(S(=O)(=O)N3CCOCC3)ccc21. The molecule has 0 atom stereocenters. The Kier molecular flexibility index (Phi) is 5.07. The minimum Gasteiger partial charge on any atom is -0.379 e. The van der Waals surface area contributed by atoms with Gasteiger partial charge in [-0.15, -0.1) is 0 Å². The molecule has 2 aliphatic rings. The van der Waals surface area contributed by atoms with E-state index in [9.17, 15) is 13.2 Å². The lowest BCUT2D eigenvalue weighted by Crippen LogP contribution is -2.40. The predicted octanol–water partition coefficient (Wildman–Crippen LogP) is 2.67. The standard InChI is InChI=1S/C19H19BrN2O4S/c20-16-3-1-2-15(12-16)19(23)22-7-6-14-13-17(4-5-18(14)22)27(24,25)21-8-10-26-11-9-21/h1-5,12-13H,6-11H2. The summed E-state index contributed by atoms with van der Waals surface area (Å²) in [5.41, 5.74) is 2.26. The number of hydrogen-bond donors (Lipinski definition) is 0. The summed E-state index contributed by atoms with van der Waals surface area (Å²) in [5, 5.41) is 0. The number of halogens is 1. The van der Waals surface area contributed by atoms with E-state index in [2.05, 4.69) is 15.9 Å². The molecule has 0 aromatic heterocycles. The highest BCUT2D eigenvalue weighted by atomic mass is 79.9. The summed E-state index contributed by atoms with van der Waals surface area (Å²) in [6.45, 7) is 2.11. The van der Waals surface area contributed by atoms with E-state index in [0.717, 1.165) is 15.7 Å². The van der Waals surface area contributed by atoms with E-state index in [1.807, 2.05) is 12.1 Å². The molecule has 2 aromatic carbocycles. The van der Waals surface area contributed by atoms with Crippen LogP contribution in [0.15, 0.2) is 51.8 Å². The Hall–Kier alpha value is -1.74. The Bertz CT molecular complexity index is 987. The van der Waals surface area contributed by atoms with Gasteiger partial charge in [-0.2, -0.15) is 4.31 Å². The van der Waals surface area contributed by atoms with Gasteiger partial charge < -0.3 is 9.64 Å². The third-order valence-corrected chi connectivity index (χ3v) is 7.26. The van der Waals surface area contributed by atoms with Gasteiger partial charge in [0.25, 0.3) is 5.91 Å². The van der Waals surface area contributed by atoms with Crippen molar-refractivity contribution in [1.29, 1.82) is 0 Å². The zero-order valence-electron chi connectivity index (χ0n) is 14.6. The number of benzene rings is 2. The van der Waals surface area contributed by atoms with E-state index in [0.29, 0.717) is 44.8 Å². The molecule has 0 radical (unpaired) electrons. The number of ether oxygens (including phenoxy) is 1. The van der Waals surface area contributed by atoms with Crippen LogP contribution in [0, 0.1) is 0 Å². The van der Waals surface area contributed by atoms with Gasteiger partial charge in [0.2, 0.25) is 10.0 Å². The van der Waals surface area contributed by atoms with Crippen LogP contribution in [-0.4, -0.2) is 51.5 Å². The fourth-order valence-corrected chi connectivity index (χ4v) is 5.32. The third-order valence-electron chi connectivity index (χ3n) is 4.87. The maximum Gasteiger partial charge on any atom is 0.258 e. The molecule has 1 saturated heterocycles. The number of amides is 1. The molecule has 27 heavy (non-hydrogen) atoms. The van der Waals surface area contributed by atoms with Crippen LogP contribution in [0.5, 0.6) is 0 Å². The molecule has 0 N–H and O–H groups in total. The quantitative estimate of drug-likeness (QED) is 0.720. The number of anilines is 1. The fourth-order valence-electron chi connectivity index (χ4n) is 3.46. The highest BCUT2D eigenvalue weighted by Crippen LogP contribution is 2.32. The number of sulfonamides is 1. The Balaban J connectivity index is 1.62. The van der Waals surface area contributed by atoms with Crippen molar-refractivity contribution in [2.24, 2.45) is 0 Å². The first-order chi connectivity index (χ1) is 13.0. The molecule has 1 fully saturated rings. The zero-order chi connectivity index (χ0) is 19.0. The van der Waals surface area contributed by atoms with Crippen molar-refractivity contribution in [2.75, 3.05) is 37.7 Å². The second-order valence-corrected chi connectivity index (χ2v) is 9.38. The first kappa shape index (κ1) is 18.6. The first-order valence-electron chi connectivity index (χ1n) is 8.75. The van der Waals surface area contributed by atoms with Crippen LogP contribution < -0.4 is 4.90 Å². The minimum atomic E-state index is -3.54. The van der Waals surface area contributed by atoms with Gasteiger partial charge in [-0.3, -0.25) is 4.79 Å². The molecule has 4 rings (SSSR count). The normalized spacial score (nSPS) is 17.7. The Morgan fingerprint density at radius 3 is 2.56 bits per heavy atom. The summed E-state index contributed by atoms with van der Waals surface area (Å²) >= 11 is 3.39. The summed E-state index contributed by atoms with van der Waals surface area (Å²) in [4.78, 5) is 14.8. The Labute approximate surface area is 166 Å². The van der Waals surface area contributed by atoms with Gasteiger partial charge >= 0.3 is 0 Å². The molecule has 0 spiro atoms. The van der Waals surface area contributed by atoms with E-state index < -0.39 is 10.0 Å². The number of morpholine rings is 1. The van der Waals surface area contributed by atoms with Crippen LogP contribution in [0.1, 0.15) is 15.9 Å². The van der Waals surface area contributed by atoms with E-state index >= 15 is 0 Å². The van der Waals surface area contributed by atoms with E-state index in [1.54, 1.807) is 35.2 Å². The van der Waals surface area contributed by atoms with Gasteiger partial charge in [0.15, 0.2) is 0 Å². The van der Waals surface area contributed by atoms with Crippen molar-refractivity contribution in [3.8, 4) is 0 Å². The molecule has 0 unspecified atom stereocenters. The number of fused-ring (bicyclic) bond motifs is 1. The largest absolute Gasteiger partial charge is 0.379 e. The maximum absolute atomic E-state index is 12.9. The molecule has 142 valence electrons. The fraction of sp³-hybridized carbons (Fsp3) is 0.316. The van der Waals surface area contributed by atoms with Crippen LogP contribution in [0.25, 0.3) is 0 Å². The van der Waals surface area contributed by atoms with Crippen molar-refractivity contribution >= 4 is 37.5 Å². The molecular formula is C19H19BrN2O4S. The van der Waals surface area contributed by atoms with Gasteiger partial charge in [0, 0.05) is 35.4 Å². The maximum atomic E-state index is 12.9. The van der Waals surface area contributed by atoms with Crippen LogP contribution in [0.4, 0.5) is 5.69 Å². The second kappa shape index (κ2) is 7.35. The lowest BCUT2D eigenvalue weighted by molar-refractivity contribution is 0.0730. The summed E-state index contributed by atoms with van der Waals surface area (Å²) in [6.07, 6.45) is 0.640. The van der Waals surface area contributed by atoms with Crippen molar-refractivity contribution in [3.05, 3.63) is 58.1 Å². The summed E-state index contributed by atoms with van der Waals surface area (Å²) in [7, 11) is -3.54. The van der Waals surface area contributed by atoms with Gasteiger partial charge in [-0.05, 0) is 48.4 Å². The molecule has 8 heteroatoms. The van der Waals surface area contributed by atoms with Crippen molar-refractivity contribution < 1.29 is 17.9 Å². The van der Waals surface area contributed by atoms with Crippen molar-refractivity contribution in [3.63, 3.8) is 0 Å². The molecule has 0 bridgehead atoms. The Morgan fingerprint density at radius 2 is 1.81 bits per heavy atom. The topological polar surface area (TPSA) is 66.9 Å². The average molecular weight is 451 g/mol. The van der Waals surface area contributed by atoms with Crippen LogP contribution >= 0.6 is 15.9 Å². The molecular weight excluding hydrogens is 432 g/mol. The Morgan fingerprint density at radius 1 is 1.04 bits per heavy atom. The summed E-state index contributed by atoms with van der Waals surface area (Å²) in [6, 6.07) is 12.3. The van der Waals surface area contributed by atoms with E-state index in [4.69, 9.17) is 4.74 Å². The van der Waals surface area contributed by atoms with Gasteiger partial charge in [0.1, 0.15) is 0 Å². The molecule has 2 aromatic rings. The van der Waals surface area contributed by atoms with Crippen molar-refractivity contribution in [2.45, 2.75) is 11.3 Å². The number of hydrogen-bond acceptors (Lipinski definition) is 4. The van der Waals surface area contributed by atoms with Gasteiger partial charge in [-0.25, -0.2) is 8.42 Å². The predicted molar refractivity (Wildman–Crippen MR) is 106 cm³/mol. The molecule has 1 amide bonds. The van der Waals surface area contributed by atoms with Gasteiger partial charge in [0.05, 0.1) is 18.1 Å². The average Bonchev–Trinajstić information content (AvgIpc) is 3.11. The smallest absolute Gasteiger partial charge is 0.258 e. The van der Waals surface area contributed by atoms with Gasteiger partial charge in [-0.1, -0.05) is 22.0 Å². The van der Waals surface area contributed by atoms with Crippen LogP contribution in [0.3, 0.4) is 0 Å². The number of nitrogens with zero attached hydrogens (tertiary/aromatic N) is 2. The highest BCUT2D eigenvalue weighted by Gasteiger charge is 2.30. The van der Waals surface area contributed by atoms with Crippen molar-refractivity contribution in [1.82, 2.24) is 4.31 Å². The lowest BCUT2D eigenvalue weighted by Gasteiger charge is -2.26. The molecule has 0 saturated carbocycles. The molecule has 6 nitrogen and oxygen atoms in total. The lowest BCUT2D eigenvalue weighted by atomic mass is 10.1. The molecule has 2 aliphatic heterocycles. The van der Waals surface area contributed by atoms with E-state index in [-0.39, 0.29) is 10.8 Å². The molecule has 0 aliphatic carbocycles. The number of carbonyl (C=O) groups excluding carboxylic acids is 1. The third kappa shape index (κ3) is 3.54. The molecule has 2 heterocycles.